The van der Waals surface area contributed by atoms with Gasteiger partial charge in [0.25, 0.3) is 11.5 Å². The molecule has 8 heteroatoms. The number of rotatable bonds is 5. The zero-order chi connectivity index (χ0) is 13.7. The van der Waals surface area contributed by atoms with Gasteiger partial charge in [-0.05, 0) is 6.92 Å². The molecule has 3 N–H and O–H groups in total. The van der Waals surface area contributed by atoms with Crippen LogP contribution in [0.1, 0.15) is 23.7 Å². The Kier molecular flexibility index (Phi) is 4.41. The van der Waals surface area contributed by atoms with Gasteiger partial charge in [0.1, 0.15) is 5.56 Å². The second-order valence-corrected chi connectivity index (χ2v) is 3.51. The lowest BCUT2D eigenvalue weighted by molar-refractivity contribution is -0.137. The Morgan fingerprint density at radius 2 is 2.06 bits per heavy atom. The number of H-pyrrole nitrogens is 2. The van der Waals surface area contributed by atoms with Gasteiger partial charge in [0.05, 0.1) is 6.42 Å². The van der Waals surface area contributed by atoms with Crippen molar-refractivity contribution in [1.82, 2.24) is 14.9 Å². The highest BCUT2D eigenvalue weighted by Crippen LogP contribution is 1.99. The summed E-state index contributed by atoms with van der Waals surface area (Å²) in [7, 11) is 0. The van der Waals surface area contributed by atoms with Gasteiger partial charge in [0.15, 0.2) is 0 Å². The number of nitrogens with zero attached hydrogens (tertiary/aromatic N) is 1. The van der Waals surface area contributed by atoms with Crippen molar-refractivity contribution in [2.45, 2.75) is 13.3 Å². The van der Waals surface area contributed by atoms with E-state index in [0.29, 0.717) is 0 Å². The molecule has 0 unspecified atom stereocenters. The molecule has 0 saturated heterocycles. The summed E-state index contributed by atoms with van der Waals surface area (Å²) in [6, 6.07) is 0. The normalized spacial score (nSPS) is 10.1. The van der Waals surface area contributed by atoms with Crippen LogP contribution in [0.5, 0.6) is 0 Å². The van der Waals surface area contributed by atoms with Crippen molar-refractivity contribution in [2.75, 3.05) is 13.1 Å². The van der Waals surface area contributed by atoms with E-state index in [1.165, 1.54) is 4.90 Å². The fourth-order valence-corrected chi connectivity index (χ4v) is 1.37. The van der Waals surface area contributed by atoms with Gasteiger partial charge in [-0.3, -0.25) is 19.4 Å². The van der Waals surface area contributed by atoms with Gasteiger partial charge in [0, 0.05) is 19.3 Å². The first kappa shape index (κ1) is 13.7. The smallest absolute Gasteiger partial charge is 0.325 e. The van der Waals surface area contributed by atoms with E-state index in [0.717, 1.165) is 6.20 Å². The summed E-state index contributed by atoms with van der Waals surface area (Å²) in [4.78, 5) is 49.9. The Morgan fingerprint density at radius 3 is 2.56 bits per heavy atom. The Bertz CT molecular complexity index is 559. The van der Waals surface area contributed by atoms with Crippen molar-refractivity contribution in [1.29, 1.82) is 0 Å². The Labute approximate surface area is 101 Å². The van der Waals surface area contributed by atoms with Crippen molar-refractivity contribution in [3.8, 4) is 0 Å². The summed E-state index contributed by atoms with van der Waals surface area (Å²) in [5.41, 5.74) is -1.72. The average Bonchev–Trinajstić information content (AvgIpc) is 2.29. The van der Waals surface area contributed by atoms with Gasteiger partial charge >= 0.3 is 11.7 Å². The number of aromatic nitrogens is 2. The highest BCUT2D eigenvalue weighted by molar-refractivity contribution is 5.93. The number of carbonyl (C=O) groups is 2. The molecule has 1 aromatic rings. The van der Waals surface area contributed by atoms with Gasteiger partial charge < -0.3 is 15.0 Å². The third-order valence-corrected chi connectivity index (χ3v) is 2.31. The van der Waals surface area contributed by atoms with Crippen LogP contribution in [0, 0.1) is 0 Å². The minimum Gasteiger partial charge on any atom is -0.481 e. The first-order valence-electron chi connectivity index (χ1n) is 5.28. The molecule has 0 aliphatic rings. The van der Waals surface area contributed by atoms with Crippen molar-refractivity contribution in [2.24, 2.45) is 0 Å². The lowest BCUT2D eigenvalue weighted by atomic mass is 10.2. The van der Waals surface area contributed by atoms with Crippen LogP contribution in [0.25, 0.3) is 0 Å². The molecule has 8 nitrogen and oxygen atoms in total. The van der Waals surface area contributed by atoms with Crippen LogP contribution in [0.2, 0.25) is 0 Å². The van der Waals surface area contributed by atoms with E-state index in [-0.39, 0.29) is 25.1 Å². The van der Waals surface area contributed by atoms with Crippen molar-refractivity contribution >= 4 is 11.9 Å². The zero-order valence-electron chi connectivity index (χ0n) is 9.73. The van der Waals surface area contributed by atoms with Crippen LogP contribution in [-0.2, 0) is 4.79 Å². The fraction of sp³-hybridized carbons (Fsp3) is 0.400. The van der Waals surface area contributed by atoms with Crippen molar-refractivity contribution in [3.05, 3.63) is 32.6 Å². The van der Waals surface area contributed by atoms with Crippen LogP contribution in [0.4, 0.5) is 0 Å². The summed E-state index contributed by atoms with van der Waals surface area (Å²) in [6.45, 7) is 1.94. The summed E-state index contributed by atoms with van der Waals surface area (Å²) < 4.78 is 0. The number of aromatic amines is 2. The Balaban J connectivity index is 2.93. The predicted molar refractivity (Wildman–Crippen MR) is 61.5 cm³/mol. The summed E-state index contributed by atoms with van der Waals surface area (Å²) in [5.74, 6) is -1.65. The third-order valence-electron chi connectivity index (χ3n) is 2.31. The topological polar surface area (TPSA) is 123 Å². The Hall–Kier alpha value is -2.38. The van der Waals surface area contributed by atoms with Gasteiger partial charge in [0.2, 0.25) is 0 Å². The molecule has 0 aromatic carbocycles. The highest BCUT2D eigenvalue weighted by Gasteiger charge is 2.18. The lowest BCUT2D eigenvalue weighted by Gasteiger charge is -2.19. The van der Waals surface area contributed by atoms with Crippen LogP contribution >= 0.6 is 0 Å². The molecule has 0 aliphatic carbocycles. The fourth-order valence-electron chi connectivity index (χ4n) is 1.37. The molecular weight excluding hydrogens is 242 g/mol. The number of carbonyl (C=O) groups excluding carboxylic acids is 1. The maximum absolute atomic E-state index is 11.9. The Morgan fingerprint density at radius 1 is 1.39 bits per heavy atom. The van der Waals surface area contributed by atoms with E-state index >= 15 is 0 Å². The molecule has 1 amide bonds. The predicted octanol–water partition coefficient (Wildman–Crippen LogP) is -1.000. The van der Waals surface area contributed by atoms with Gasteiger partial charge in [-0.2, -0.15) is 0 Å². The molecule has 1 heterocycles. The molecular formula is C10H13N3O5. The standard InChI is InChI=1S/C10H13N3O5/c1-2-13(4-3-7(14)15)9(17)6-5-11-10(18)12-8(6)16/h5H,2-4H2,1H3,(H,14,15)(H2,11,12,16,18). The molecule has 0 fully saturated rings. The molecule has 1 aromatic heterocycles. The monoisotopic (exact) mass is 255 g/mol. The number of amides is 1. The molecule has 0 radical (unpaired) electrons. The zero-order valence-corrected chi connectivity index (χ0v) is 9.73. The van der Waals surface area contributed by atoms with E-state index < -0.39 is 23.1 Å². The minimum absolute atomic E-state index is 0.00321. The average molecular weight is 255 g/mol. The van der Waals surface area contributed by atoms with Gasteiger partial charge in [-0.15, -0.1) is 0 Å². The molecule has 0 spiro atoms. The molecule has 1 rings (SSSR count). The molecule has 0 saturated carbocycles. The van der Waals surface area contributed by atoms with E-state index in [1.807, 2.05) is 4.98 Å². The van der Waals surface area contributed by atoms with Gasteiger partial charge in [-0.1, -0.05) is 0 Å². The molecule has 98 valence electrons. The van der Waals surface area contributed by atoms with E-state index in [2.05, 4.69) is 4.98 Å². The summed E-state index contributed by atoms with van der Waals surface area (Å²) in [6.07, 6.45) is 0.813. The maximum atomic E-state index is 11.9. The number of hydrogen-bond donors (Lipinski definition) is 3. The van der Waals surface area contributed by atoms with E-state index in [9.17, 15) is 19.2 Å². The van der Waals surface area contributed by atoms with Crippen LogP contribution in [-0.4, -0.2) is 44.9 Å². The van der Waals surface area contributed by atoms with Crippen LogP contribution in [0.15, 0.2) is 15.8 Å². The third kappa shape index (κ3) is 3.30. The number of carboxylic acids is 1. The van der Waals surface area contributed by atoms with Crippen LogP contribution in [0.3, 0.4) is 0 Å². The number of hydrogen-bond acceptors (Lipinski definition) is 4. The second-order valence-electron chi connectivity index (χ2n) is 3.51. The van der Waals surface area contributed by atoms with Gasteiger partial charge in [-0.25, -0.2) is 4.79 Å². The SMILES string of the molecule is CCN(CCC(=O)O)C(=O)c1c[nH]c(=O)[nH]c1=O. The van der Waals surface area contributed by atoms with Crippen molar-refractivity contribution < 1.29 is 14.7 Å². The van der Waals surface area contributed by atoms with Crippen molar-refractivity contribution in [3.63, 3.8) is 0 Å². The minimum atomic E-state index is -1.03. The largest absolute Gasteiger partial charge is 0.481 e. The molecule has 0 atom stereocenters. The first-order chi connectivity index (χ1) is 8.45. The van der Waals surface area contributed by atoms with Crippen LogP contribution < -0.4 is 11.2 Å². The second kappa shape index (κ2) is 5.80. The molecule has 0 bridgehead atoms. The van der Waals surface area contributed by atoms with E-state index in [1.54, 1.807) is 6.92 Å². The van der Waals surface area contributed by atoms with E-state index in [4.69, 9.17) is 5.11 Å². The maximum Gasteiger partial charge on any atom is 0.325 e. The highest BCUT2D eigenvalue weighted by atomic mass is 16.4. The number of nitrogens with one attached hydrogen (secondary N) is 2. The lowest BCUT2D eigenvalue weighted by Crippen LogP contribution is -2.38. The number of carboxylic acid groups (broad SMARTS) is 1. The summed E-state index contributed by atoms with van der Waals surface area (Å²) >= 11 is 0. The quantitative estimate of drug-likeness (QED) is 0.622. The number of aliphatic carboxylic acids is 1. The molecule has 0 aliphatic heterocycles. The first-order valence-corrected chi connectivity index (χ1v) is 5.28. The summed E-state index contributed by atoms with van der Waals surface area (Å²) in [5, 5.41) is 8.55. The molecule has 18 heavy (non-hydrogen) atoms.